The molecule has 2 unspecified atom stereocenters. The summed E-state index contributed by atoms with van der Waals surface area (Å²) in [6, 6.07) is 2.77. The van der Waals surface area contributed by atoms with Crippen LogP contribution < -0.4 is 5.73 Å². The lowest BCUT2D eigenvalue weighted by atomic mass is 10.0. The predicted molar refractivity (Wildman–Crippen MR) is 67.1 cm³/mol. The minimum atomic E-state index is -0.523. The highest BCUT2D eigenvalue weighted by molar-refractivity contribution is 9.10. The van der Waals surface area contributed by atoms with E-state index in [2.05, 4.69) is 15.9 Å². The van der Waals surface area contributed by atoms with E-state index >= 15 is 0 Å². The van der Waals surface area contributed by atoms with Crippen LogP contribution in [0.4, 0.5) is 4.39 Å². The van der Waals surface area contributed by atoms with Gasteiger partial charge in [-0.25, -0.2) is 4.39 Å². The zero-order valence-electron chi connectivity index (χ0n) is 9.14. The Morgan fingerprint density at radius 3 is 2.75 bits per heavy atom. The normalized spacial score (nSPS) is 14.9. The van der Waals surface area contributed by atoms with Gasteiger partial charge in [0.2, 0.25) is 0 Å². The minimum Gasteiger partial charge on any atom is -0.377 e. The first-order chi connectivity index (χ1) is 7.49. The Morgan fingerprint density at radius 1 is 1.56 bits per heavy atom. The fraction of sp³-hybridized carbons (Fsp3) is 0.455. The summed E-state index contributed by atoms with van der Waals surface area (Å²) in [6.45, 7) is 4.22. The average molecular weight is 311 g/mol. The maximum absolute atomic E-state index is 13.8. The SMILES string of the molecule is CCOC(C)C(N)c1ccc(Br)c(Cl)c1F. The van der Waals surface area contributed by atoms with Crippen LogP contribution in [0.25, 0.3) is 0 Å². The molecule has 0 aliphatic carbocycles. The summed E-state index contributed by atoms with van der Waals surface area (Å²) in [5.41, 5.74) is 6.28. The van der Waals surface area contributed by atoms with Gasteiger partial charge in [0, 0.05) is 16.6 Å². The lowest BCUT2D eigenvalue weighted by molar-refractivity contribution is 0.0566. The van der Waals surface area contributed by atoms with E-state index in [0.29, 0.717) is 16.6 Å². The minimum absolute atomic E-state index is 0.0525. The van der Waals surface area contributed by atoms with Gasteiger partial charge in [0.05, 0.1) is 17.2 Å². The van der Waals surface area contributed by atoms with Crippen LogP contribution in [0, 0.1) is 5.82 Å². The highest BCUT2D eigenvalue weighted by Crippen LogP contribution is 2.31. The Balaban J connectivity index is 3.00. The molecule has 16 heavy (non-hydrogen) atoms. The molecule has 90 valence electrons. The zero-order chi connectivity index (χ0) is 12.3. The van der Waals surface area contributed by atoms with Gasteiger partial charge in [0.15, 0.2) is 0 Å². The molecule has 2 N–H and O–H groups in total. The number of rotatable bonds is 4. The Hall–Kier alpha value is -0.160. The first-order valence-corrected chi connectivity index (χ1v) is 6.16. The third-order valence-electron chi connectivity index (χ3n) is 2.36. The standard InChI is InChI=1S/C11H14BrClFNO/c1-3-16-6(2)11(15)7-4-5-8(12)9(13)10(7)14/h4-6,11H,3,15H2,1-2H3. The molecular weight excluding hydrogens is 296 g/mol. The van der Waals surface area contributed by atoms with Gasteiger partial charge in [-0.2, -0.15) is 0 Å². The van der Waals surface area contributed by atoms with Gasteiger partial charge in [-0.05, 0) is 35.8 Å². The van der Waals surface area contributed by atoms with Crippen LogP contribution in [0.3, 0.4) is 0 Å². The summed E-state index contributed by atoms with van der Waals surface area (Å²) in [6.07, 6.45) is -0.253. The molecule has 0 fully saturated rings. The smallest absolute Gasteiger partial charge is 0.147 e. The molecule has 0 bridgehead atoms. The number of nitrogens with two attached hydrogens (primary N) is 1. The molecule has 1 aromatic rings. The molecule has 0 radical (unpaired) electrons. The van der Waals surface area contributed by atoms with E-state index in [4.69, 9.17) is 22.1 Å². The van der Waals surface area contributed by atoms with Gasteiger partial charge in [0.25, 0.3) is 0 Å². The molecule has 0 saturated carbocycles. The van der Waals surface area contributed by atoms with Crippen molar-refractivity contribution >= 4 is 27.5 Å². The Bertz CT molecular complexity index is 375. The van der Waals surface area contributed by atoms with Crippen molar-refractivity contribution in [2.24, 2.45) is 5.73 Å². The molecule has 1 rings (SSSR count). The van der Waals surface area contributed by atoms with E-state index in [1.165, 1.54) is 0 Å². The second-order valence-corrected chi connectivity index (χ2v) is 4.68. The van der Waals surface area contributed by atoms with Crippen LogP contribution in [-0.4, -0.2) is 12.7 Å². The molecule has 0 aromatic heterocycles. The van der Waals surface area contributed by atoms with Gasteiger partial charge in [-0.3, -0.25) is 0 Å². The molecular formula is C11H14BrClFNO. The number of halogens is 3. The maximum Gasteiger partial charge on any atom is 0.147 e. The van der Waals surface area contributed by atoms with Gasteiger partial charge in [-0.1, -0.05) is 17.7 Å². The summed E-state index contributed by atoms with van der Waals surface area (Å²) in [5.74, 6) is -0.491. The van der Waals surface area contributed by atoms with Gasteiger partial charge in [0.1, 0.15) is 5.82 Å². The van der Waals surface area contributed by atoms with Crippen molar-refractivity contribution < 1.29 is 9.13 Å². The predicted octanol–water partition coefficient (Wildman–Crippen LogP) is 3.67. The Kier molecular flexibility index (Phi) is 5.18. The second kappa shape index (κ2) is 5.96. The number of ether oxygens (including phenoxy) is 1. The molecule has 0 amide bonds. The molecule has 2 nitrogen and oxygen atoms in total. The molecule has 2 atom stereocenters. The number of benzene rings is 1. The van der Waals surface area contributed by atoms with Crippen molar-refractivity contribution in [1.82, 2.24) is 0 Å². The third-order valence-corrected chi connectivity index (χ3v) is 3.62. The first kappa shape index (κ1) is 13.9. The van der Waals surface area contributed by atoms with Gasteiger partial charge in [-0.15, -0.1) is 0 Å². The van der Waals surface area contributed by atoms with E-state index in [0.717, 1.165) is 0 Å². The van der Waals surface area contributed by atoms with Crippen molar-refractivity contribution in [3.8, 4) is 0 Å². The molecule has 5 heteroatoms. The lowest BCUT2D eigenvalue weighted by Crippen LogP contribution is -2.27. The highest BCUT2D eigenvalue weighted by Gasteiger charge is 2.21. The van der Waals surface area contributed by atoms with E-state index in [9.17, 15) is 4.39 Å². The second-order valence-electron chi connectivity index (χ2n) is 3.45. The third kappa shape index (κ3) is 2.94. The van der Waals surface area contributed by atoms with Crippen molar-refractivity contribution in [2.45, 2.75) is 26.0 Å². The van der Waals surface area contributed by atoms with Gasteiger partial charge < -0.3 is 10.5 Å². The molecule has 0 aliphatic heterocycles. The molecule has 0 spiro atoms. The topological polar surface area (TPSA) is 35.2 Å². The fourth-order valence-corrected chi connectivity index (χ4v) is 1.90. The molecule has 0 heterocycles. The van der Waals surface area contributed by atoms with Crippen LogP contribution in [0.15, 0.2) is 16.6 Å². The highest BCUT2D eigenvalue weighted by atomic mass is 79.9. The van der Waals surface area contributed by atoms with E-state index < -0.39 is 11.9 Å². The quantitative estimate of drug-likeness (QED) is 0.861. The van der Waals surface area contributed by atoms with Crippen molar-refractivity contribution in [2.75, 3.05) is 6.61 Å². The molecule has 1 aromatic carbocycles. The van der Waals surface area contributed by atoms with Crippen LogP contribution in [0.1, 0.15) is 25.5 Å². The van der Waals surface area contributed by atoms with Crippen molar-refractivity contribution in [1.29, 1.82) is 0 Å². The Morgan fingerprint density at radius 2 is 2.19 bits per heavy atom. The van der Waals surface area contributed by atoms with Crippen LogP contribution in [0.5, 0.6) is 0 Å². The summed E-state index contributed by atoms with van der Waals surface area (Å²) in [5, 5.41) is 0.0525. The monoisotopic (exact) mass is 309 g/mol. The summed E-state index contributed by atoms with van der Waals surface area (Å²) in [7, 11) is 0. The first-order valence-electron chi connectivity index (χ1n) is 4.99. The van der Waals surface area contributed by atoms with Crippen LogP contribution in [0.2, 0.25) is 5.02 Å². The van der Waals surface area contributed by atoms with Crippen LogP contribution in [-0.2, 0) is 4.74 Å². The summed E-state index contributed by atoms with van der Waals surface area (Å²) >= 11 is 8.94. The largest absolute Gasteiger partial charge is 0.377 e. The Labute approximate surface area is 108 Å². The number of hydrogen-bond acceptors (Lipinski definition) is 2. The van der Waals surface area contributed by atoms with E-state index in [1.54, 1.807) is 12.1 Å². The van der Waals surface area contributed by atoms with Gasteiger partial charge >= 0.3 is 0 Å². The summed E-state index contributed by atoms with van der Waals surface area (Å²) < 4.78 is 19.7. The molecule has 0 saturated heterocycles. The average Bonchev–Trinajstić information content (AvgIpc) is 2.26. The lowest BCUT2D eigenvalue weighted by Gasteiger charge is -2.21. The van der Waals surface area contributed by atoms with Crippen LogP contribution >= 0.6 is 27.5 Å². The fourth-order valence-electron chi connectivity index (χ4n) is 1.42. The van der Waals surface area contributed by atoms with E-state index in [-0.39, 0.29) is 11.1 Å². The molecule has 0 aliphatic rings. The maximum atomic E-state index is 13.8. The van der Waals surface area contributed by atoms with E-state index in [1.807, 2.05) is 13.8 Å². The van der Waals surface area contributed by atoms with Crippen molar-refractivity contribution in [3.63, 3.8) is 0 Å². The number of hydrogen-bond donors (Lipinski definition) is 1. The van der Waals surface area contributed by atoms with Crippen molar-refractivity contribution in [3.05, 3.63) is 33.0 Å². The zero-order valence-corrected chi connectivity index (χ0v) is 11.5. The summed E-state index contributed by atoms with van der Waals surface area (Å²) in [4.78, 5) is 0.